The number of rotatable bonds is 8. The van der Waals surface area contributed by atoms with Crippen molar-refractivity contribution in [3.05, 3.63) is 94.1 Å². The van der Waals surface area contributed by atoms with E-state index in [4.69, 9.17) is 19.7 Å². The highest BCUT2D eigenvalue weighted by atomic mass is 19.1. The van der Waals surface area contributed by atoms with Crippen molar-refractivity contribution in [2.75, 3.05) is 13.2 Å². The number of carboxylic acids is 1. The number of aromatic nitrogens is 2. The molecule has 1 aromatic heterocycles. The molecule has 0 spiro atoms. The van der Waals surface area contributed by atoms with Gasteiger partial charge in [-0.3, -0.25) is 4.90 Å². The fourth-order valence-electron chi connectivity index (χ4n) is 5.17. The molecule has 0 aliphatic carbocycles. The van der Waals surface area contributed by atoms with E-state index in [-0.39, 0.29) is 23.8 Å². The molecular weight excluding hydrogens is 499 g/mol. The summed E-state index contributed by atoms with van der Waals surface area (Å²) in [5, 5.41) is 18.4. The van der Waals surface area contributed by atoms with Gasteiger partial charge in [0.05, 0.1) is 47.4 Å². The Morgan fingerprint density at radius 2 is 2.05 bits per heavy atom. The first kappa shape index (κ1) is 25.0. The Bertz CT molecular complexity index is 1600. The van der Waals surface area contributed by atoms with Gasteiger partial charge in [-0.15, -0.1) is 0 Å². The normalized spacial score (nSPS) is 16.9. The maximum atomic E-state index is 14.2. The van der Waals surface area contributed by atoms with Crippen LogP contribution >= 0.6 is 0 Å². The molecule has 8 nitrogen and oxygen atoms in total. The number of nitrogens with zero attached hydrogens (tertiary/aromatic N) is 4. The zero-order valence-electron chi connectivity index (χ0n) is 21.3. The van der Waals surface area contributed by atoms with Crippen LogP contribution in [0.15, 0.2) is 54.6 Å². The summed E-state index contributed by atoms with van der Waals surface area (Å²) < 4.78 is 27.8. The van der Waals surface area contributed by atoms with Crippen LogP contribution in [0.3, 0.4) is 0 Å². The molecule has 3 heterocycles. The second-order valence-corrected chi connectivity index (χ2v) is 10.0. The lowest BCUT2D eigenvalue weighted by atomic mass is 9.99. The smallest absolute Gasteiger partial charge is 0.335 e. The molecule has 6 rings (SSSR count). The molecule has 0 saturated carbocycles. The lowest BCUT2D eigenvalue weighted by Gasteiger charge is -2.30. The second-order valence-electron chi connectivity index (χ2n) is 10.0. The van der Waals surface area contributed by atoms with Gasteiger partial charge in [-0.2, -0.15) is 5.26 Å². The van der Waals surface area contributed by atoms with E-state index in [0.717, 1.165) is 49.4 Å². The Morgan fingerprint density at radius 1 is 1.18 bits per heavy atom. The van der Waals surface area contributed by atoms with Gasteiger partial charge in [0.25, 0.3) is 0 Å². The predicted octanol–water partition coefficient (Wildman–Crippen LogP) is 4.67. The second kappa shape index (κ2) is 10.5. The standard InChI is InChI=1S/C30H27FN4O4/c31-26-11-19(14-32)1-2-23(26)18-39-24-5-3-22-15-34(9-7-20(22)12-24)17-29-33-27-6-4-21(30(36)37)13-28(27)35(29)16-25-8-10-38-25/h1-6,11-13,25H,7-10,15-18H2,(H,36,37)/t25-/m0/s1. The van der Waals surface area contributed by atoms with Gasteiger partial charge >= 0.3 is 5.97 Å². The molecule has 39 heavy (non-hydrogen) atoms. The van der Waals surface area contributed by atoms with E-state index in [0.29, 0.717) is 24.4 Å². The van der Waals surface area contributed by atoms with Crippen LogP contribution in [-0.2, 0) is 37.4 Å². The third-order valence-corrected chi connectivity index (χ3v) is 7.46. The Labute approximate surface area is 224 Å². The van der Waals surface area contributed by atoms with Gasteiger partial charge in [0.1, 0.15) is 24.0 Å². The van der Waals surface area contributed by atoms with Crippen molar-refractivity contribution in [1.29, 1.82) is 5.26 Å². The summed E-state index contributed by atoms with van der Waals surface area (Å²) in [6.07, 6.45) is 1.94. The molecule has 0 bridgehead atoms. The van der Waals surface area contributed by atoms with Crippen LogP contribution < -0.4 is 4.74 Å². The van der Waals surface area contributed by atoms with Crippen molar-refractivity contribution >= 4 is 17.0 Å². The highest BCUT2D eigenvalue weighted by molar-refractivity contribution is 5.92. The van der Waals surface area contributed by atoms with Gasteiger partial charge < -0.3 is 19.1 Å². The Hall–Kier alpha value is -4.26. The average molecular weight is 527 g/mol. The minimum Gasteiger partial charge on any atom is -0.489 e. The topological polar surface area (TPSA) is 101 Å². The molecule has 9 heteroatoms. The van der Waals surface area contributed by atoms with Crippen molar-refractivity contribution < 1.29 is 23.8 Å². The number of hydrogen-bond acceptors (Lipinski definition) is 6. The van der Waals surface area contributed by atoms with E-state index >= 15 is 0 Å². The fraction of sp³-hybridized carbons (Fsp3) is 0.300. The number of aromatic carboxylic acids is 1. The zero-order valence-corrected chi connectivity index (χ0v) is 21.3. The van der Waals surface area contributed by atoms with E-state index in [2.05, 4.69) is 15.5 Å². The Kier molecular flexibility index (Phi) is 6.73. The van der Waals surface area contributed by atoms with Crippen LogP contribution in [0.4, 0.5) is 4.39 Å². The van der Waals surface area contributed by atoms with Gasteiger partial charge in [-0.05, 0) is 66.4 Å². The largest absolute Gasteiger partial charge is 0.489 e. The van der Waals surface area contributed by atoms with Gasteiger partial charge in [-0.1, -0.05) is 12.1 Å². The molecule has 1 fully saturated rings. The Morgan fingerprint density at radius 3 is 2.79 bits per heavy atom. The van der Waals surface area contributed by atoms with Crippen molar-refractivity contribution in [3.8, 4) is 11.8 Å². The lowest BCUT2D eigenvalue weighted by Crippen LogP contribution is -2.34. The molecule has 4 aromatic rings. The van der Waals surface area contributed by atoms with E-state index < -0.39 is 11.8 Å². The van der Waals surface area contributed by atoms with E-state index in [9.17, 15) is 14.3 Å². The summed E-state index contributed by atoms with van der Waals surface area (Å²) in [7, 11) is 0. The van der Waals surface area contributed by atoms with Crippen LogP contribution in [0.1, 0.15) is 44.9 Å². The number of benzene rings is 3. The highest BCUT2D eigenvalue weighted by Crippen LogP contribution is 2.28. The summed E-state index contributed by atoms with van der Waals surface area (Å²) >= 11 is 0. The summed E-state index contributed by atoms with van der Waals surface area (Å²) in [6.45, 7) is 3.73. The summed E-state index contributed by atoms with van der Waals surface area (Å²) in [6, 6.07) is 17.4. The third-order valence-electron chi connectivity index (χ3n) is 7.46. The van der Waals surface area contributed by atoms with Crippen molar-refractivity contribution in [2.24, 2.45) is 0 Å². The molecule has 3 aromatic carbocycles. The molecular formula is C30H27FN4O4. The first-order chi connectivity index (χ1) is 19.0. The minimum atomic E-state index is -0.955. The highest BCUT2D eigenvalue weighted by Gasteiger charge is 2.24. The van der Waals surface area contributed by atoms with Crippen LogP contribution in [0.2, 0.25) is 0 Å². The quantitative estimate of drug-likeness (QED) is 0.356. The van der Waals surface area contributed by atoms with Gasteiger partial charge in [0, 0.05) is 25.3 Å². The third kappa shape index (κ3) is 5.21. The van der Waals surface area contributed by atoms with E-state index in [1.807, 2.05) is 18.2 Å². The average Bonchev–Trinajstić information content (AvgIpc) is 3.25. The number of carboxylic acid groups (broad SMARTS) is 1. The minimum absolute atomic E-state index is 0.0903. The monoisotopic (exact) mass is 526 g/mol. The molecule has 198 valence electrons. The molecule has 0 radical (unpaired) electrons. The number of fused-ring (bicyclic) bond motifs is 2. The first-order valence-electron chi connectivity index (χ1n) is 13.0. The maximum Gasteiger partial charge on any atom is 0.335 e. The van der Waals surface area contributed by atoms with E-state index in [1.54, 1.807) is 30.3 Å². The van der Waals surface area contributed by atoms with Crippen molar-refractivity contribution in [2.45, 2.75) is 45.2 Å². The van der Waals surface area contributed by atoms with E-state index in [1.165, 1.54) is 17.2 Å². The SMILES string of the molecule is N#Cc1ccc(COc2ccc3c(c2)CCN(Cc2nc4ccc(C(=O)O)cc4n2C[C@@H]2CCO2)C3)c(F)c1. The number of nitriles is 1. The Balaban J connectivity index is 1.16. The maximum absolute atomic E-state index is 14.2. The number of ether oxygens (including phenoxy) is 2. The fourth-order valence-corrected chi connectivity index (χ4v) is 5.17. The zero-order chi connectivity index (χ0) is 26.9. The summed E-state index contributed by atoms with van der Waals surface area (Å²) in [5.41, 5.74) is 4.94. The molecule has 2 aliphatic rings. The number of imidazole rings is 1. The molecule has 1 saturated heterocycles. The number of carbonyl (C=O) groups is 1. The van der Waals surface area contributed by atoms with Crippen LogP contribution in [0.25, 0.3) is 11.0 Å². The van der Waals surface area contributed by atoms with Gasteiger partial charge in [0.2, 0.25) is 0 Å². The molecule has 2 aliphatic heterocycles. The van der Waals surface area contributed by atoms with Gasteiger partial charge in [0.15, 0.2) is 0 Å². The lowest BCUT2D eigenvalue weighted by molar-refractivity contribution is -0.0592. The molecule has 0 amide bonds. The molecule has 0 unspecified atom stereocenters. The van der Waals surface area contributed by atoms with Gasteiger partial charge in [-0.25, -0.2) is 14.2 Å². The summed E-state index contributed by atoms with van der Waals surface area (Å²) in [4.78, 5) is 18.8. The number of halogens is 1. The molecule has 1 N–H and O–H groups in total. The van der Waals surface area contributed by atoms with Crippen LogP contribution in [0.5, 0.6) is 5.75 Å². The summed E-state index contributed by atoms with van der Waals surface area (Å²) in [5.74, 6) is 0.180. The van der Waals surface area contributed by atoms with Crippen LogP contribution in [-0.4, -0.2) is 44.8 Å². The van der Waals surface area contributed by atoms with Crippen molar-refractivity contribution in [1.82, 2.24) is 14.5 Å². The molecule has 1 atom stereocenters. The van der Waals surface area contributed by atoms with Crippen molar-refractivity contribution in [3.63, 3.8) is 0 Å². The number of hydrogen-bond donors (Lipinski definition) is 1. The first-order valence-corrected chi connectivity index (χ1v) is 13.0. The van der Waals surface area contributed by atoms with Crippen LogP contribution in [0, 0.1) is 17.1 Å². The predicted molar refractivity (Wildman–Crippen MR) is 141 cm³/mol.